The van der Waals surface area contributed by atoms with Gasteiger partial charge in [-0.05, 0) is 36.8 Å². The Morgan fingerprint density at radius 2 is 1.74 bits per heavy atom. The average molecular weight is 256 g/mol. The van der Waals surface area contributed by atoms with Gasteiger partial charge in [-0.15, -0.1) is 0 Å². The van der Waals surface area contributed by atoms with Crippen molar-refractivity contribution in [1.29, 1.82) is 0 Å². The van der Waals surface area contributed by atoms with Crippen LogP contribution in [0.25, 0.3) is 0 Å². The number of rotatable bonds is 2. The maximum absolute atomic E-state index is 13.0. The zero-order valence-electron chi connectivity index (χ0n) is 10.9. The van der Waals surface area contributed by atoms with E-state index in [1.165, 1.54) is 23.4 Å². The highest BCUT2D eigenvalue weighted by atomic mass is 19.1. The summed E-state index contributed by atoms with van der Waals surface area (Å²) in [4.78, 5) is 2.31. The first kappa shape index (κ1) is 12.2. The van der Waals surface area contributed by atoms with Gasteiger partial charge in [-0.25, -0.2) is 4.39 Å². The number of halogens is 1. The van der Waals surface area contributed by atoms with Crippen molar-refractivity contribution in [1.82, 2.24) is 5.32 Å². The minimum absolute atomic E-state index is 0.128. The monoisotopic (exact) mass is 256 g/mol. The lowest BCUT2D eigenvalue weighted by Gasteiger charge is -2.26. The maximum Gasteiger partial charge on any atom is 0.123 e. The van der Waals surface area contributed by atoms with Gasteiger partial charge in [-0.3, -0.25) is 5.32 Å². The molecule has 0 aromatic heterocycles. The molecule has 1 aliphatic heterocycles. The molecule has 98 valence electrons. The molecule has 1 aliphatic rings. The van der Waals surface area contributed by atoms with Crippen LogP contribution in [0.3, 0.4) is 0 Å². The molecule has 0 spiro atoms. The first-order valence-corrected chi connectivity index (χ1v) is 6.56. The van der Waals surface area contributed by atoms with Crippen LogP contribution in [0.1, 0.15) is 17.3 Å². The molecule has 2 nitrogen and oxygen atoms in total. The Balaban J connectivity index is 1.89. The third-order valence-electron chi connectivity index (χ3n) is 3.55. The highest BCUT2D eigenvalue weighted by molar-refractivity contribution is 5.50. The summed E-state index contributed by atoms with van der Waals surface area (Å²) in [6, 6.07) is 15.2. The molecule has 1 N–H and O–H groups in total. The highest BCUT2D eigenvalue weighted by Crippen LogP contribution is 2.28. The van der Waals surface area contributed by atoms with E-state index < -0.39 is 0 Å². The average Bonchev–Trinajstić information content (AvgIpc) is 2.90. The van der Waals surface area contributed by atoms with Crippen LogP contribution in [0.15, 0.2) is 48.5 Å². The van der Waals surface area contributed by atoms with Crippen LogP contribution >= 0.6 is 0 Å². The summed E-state index contributed by atoms with van der Waals surface area (Å²) in [7, 11) is 0. The van der Waals surface area contributed by atoms with Crippen LogP contribution in [0.5, 0.6) is 0 Å². The van der Waals surface area contributed by atoms with E-state index in [2.05, 4.69) is 41.4 Å². The van der Waals surface area contributed by atoms with E-state index in [9.17, 15) is 4.39 Å². The smallest absolute Gasteiger partial charge is 0.123 e. The number of nitrogens with zero attached hydrogens (tertiary/aromatic N) is 1. The van der Waals surface area contributed by atoms with Crippen LogP contribution in [0.2, 0.25) is 0 Å². The Hall–Kier alpha value is -1.87. The zero-order valence-corrected chi connectivity index (χ0v) is 10.9. The number of anilines is 1. The molecule has 2 aromatic carbocycles. The van der Waals surface area contributed by atoms with Crippen molar-refractivity contribution in [3.8, 4) is 0 Å². The summed E-state index contributed by atoms with van der Waals surface area (Å²) in [6.07, 6.45) is 0.128. The van der Waals surface area contributed by atoms with Gasteiger partial charge < -0.3 is 4.90 Å². The van der Waals surface area contributed by atoms with E-state index in [1.54, 1.807) is 0 Å². The molecular weight excluding hydrogens is 239 g/mol. The van der Waals surface area contributed by atoms with Crippen molar-refractivity contribution in [3.63, 3.8) is 0 Å². The second kappa shape index (κ2) is 5.02. The zero-order chi connectivity index (χ0) is 13.2. The predicted molar refractivity (Wildman–Crippen MR) is 75.7 cm³/mol. The van der Waals surface area contributed by atoms with E-state index in [1.807, 2.05) is 12.1 Å². The second-order valence-electron chi connectivity index (χ2n) is 4.94. The summed E-state index contributed by atoms with van der Waals surface area (Å²) in [6.45, 7) is 3.99. The largest absolute Gasteiger partial charge is 0.351 e. The van der Waals surface area contributed by atoms with Gasteiger partial charge in [0.15, 0.2) is 0 Å². The van der Waals surface area contributed by atoms with Gasteiger partial charge in [0.25, 0.3) is 0 Å². The normalized spacial score (nSPS) is 18.8. The van der Waals surface area contributed by atoms with Crippen molar-refractivity contribution in [2.75, 3.05) is 18.0 Å². The fraction of sp³-hybridized carbons (Fsp3) is 0.250. The SMILES string of the molecule is Cc1ccc(N2CCNC2c2ccc(F)cc2)cc1. The van der Waals surface area contributed by atoms with Crippen LogP contribution in [0, 0.1) is 12.7 Å². The molecule has 0 amide bonds. The molecule has 0 bridgehead atoms. The molecule has 1 saturated heterocycles. The molecule has 0 radical (unpaired) electrons. The fourth-order valence-electron chi connectivity index (χ4n) is 2.52. The van der Waals surface area contributed by atoms with E-state index >= 15 is 0 Å². The van der Waals surface area contributed by atoms with Crippen molar-refractivity contribution in [3.05, 3.63) is 65.5 Å². The molecule has 3 heteroatoms. The summed E-state index contributed by atoms with van der Waals surface area (Å²) in [5.74, 6) is -0.191. The number of nitrogens with one attached hydrogen (secondary N) is 1. The van der Waals surface area contributed by atoms with Crippen LogP contribution in [-0.2, 0) is 0 Å². The van der Waals surface area contributed by atoms with Crippen LogP contribution in [0.4, 0.5) is 10.1 Å². The molecular formula is C16H17FN2. The third kappa shape index (κ3) is 2.47. The van der Waals surface area contributed by atoms with Gasteiger partial charge in [0, 0.05) is 18.8 Å². The van der Waals surface area contributed by atoms with Crippen molar-refractivity contribution < 1.29 is 4.39 Å². The number of aryl methyl sites for hydroxylation is 1. The predicted octanol–water partition coefficient (Wildman–Crippen LogP) is 3.24. The summed E-state index contributed by atoms with van der Waals surface area (Å²) < 4.78 is 13.0. The lowest BCUT2D eigenvalue weighted by molar-refractivity contribution is 0.617. The molecule has 1 heterocycles. The highest BCUT2D eigenvalue weighted by Gasteiger charge is 2.25. The fourth-order valence-corrected chi connectivity index (χ4v) is 2.52. The quantitative estimate of drug-likeness (QED) is 0.887. The Morgan fingerprint density at radius 3 is 2.42 bits per heavy atom. The second-order valence-corrected chi connectivity index (χ2v) is 4.94. The van der Waals surface area contributed by atoms with E-state index in [4.69, 9.17) is 0 Å². The third-order valence-corrected chi connectivity index (χ3v) is 3.55. The molecule has 0 aliphatic carbocycles. The number of benzene rings is 2. The molecule has 2 aromatic rings. The van der Waals surface area contributed by atoms with Crippen LogP contribution < -0.4 is 10.2 Å². The van der Waals surface area contributed by atoms with E-state index in [0.29, 0.717) is 0 Å². The van der Waals surface area contributed by atoms with Gasteiger partial charge >= 0.3 is 0 Å². The standard InChI is InChI=1S/C16H17FN2/c1-12-2-8-15(9-3-12)19-11-10-18-16(19)13-4-6-14(17)7-5-13/h2-9,16,18H,10-11H2,1H3. The Bertz CT molecular complexity index is 496. The van der Waals surface area contributed by atoms with Crippen LogP contribution in [-0.4, -0.2) is 13.1 Å². The van der Waals surface area contributed by atoms with Gasteiger partial charge in [-0.1, -0.05) is 29.8 Å². The lowest BCUT2D eigenvalue weighted by Crippen LogP contribution is -2.27. The minimum atomic E-state index is -0.191. The Labute approximate surface area is 112 Å². The molecule has 1 unspecified atom stereocenters. The first-order chi connectivity index (χ1) is 9.24. The molecule has 0 saturated carbocycles. The van der Waals surface area contributed by atoms with Gasteiger partial charge in [0.05, 0.1) is 0 Å². The maximum atomic E-state index is 13.0. The van der Waals surface area contributed by atoms with Gasteiger partial charge in [0.1, 0.15) is 12.0 Å². The van der Waals surface area contributed by atoms with E-state index in [0.717, 1.165) is 18.7 Å². The number of hydrogen-bond donors (Lipinski definition) is 1. The van der Waals surface area contributed by atoms with Gasteiger partial charge in [-0.2, -0.15) is 0 Å². The molecule has 19 heavy (non-hydrogen) atoms. The minimum Gasteiger partial charge on any atom is -0.351 e. The summed E-state index contributed by atoms with van der Waals surface area (Å²) in [5, 5.41) is 3.46. The molecule has 3 rings (SSSR count). The summed E-state index contributed by atoms with van der Waals surface area (Å²) in [5.41, 5.74) is 3.55. The topological polar surface area (TPSA) is 15.3 Å². The first-order valence-electron chi connectivity index (χ1n) is 6.56. The van der Waals surface area contributed by atoms with Gasteiger partial charge in [0.2, 0.25) is 0 Å². The van der Waals surface area contributed by atoms with Crippen molar-refractivity contribution in [2.24, 2.45) is 0 Å². The van der Waals surface area contributed by atoms with E-state index in [-0.39, 0.29) is 12.0 Å². The van der Waals surface area contributed by atoms with Crippen molar-refractivity contribution >= 4 is 5.69 Å². The summed E-state index contributed by atoms with van der Waals surface area (Å²) >= 11 is 0. The Kier molecular flexibility index (Phi) is 3.22. The molecule has 1 fully saturated rings. The Morgan fingerprint density at radius 1 is 1.05 bits per heavy atom. The number of hydrogen-bond acceptors (Lipinski definition) is 2. The lowest BCUT2D eigenvalue weighted by atomic mass is 10.1. The van der Waals surface area contributed by atoms with Crippen molar-refractivity contribution in [2.45, 2.75) is 13.1 Å². The molecule has 1 atom stereocenters.